The molecule has 3 rings (SSSR count). The Morgan fingerprint density at radius 2 is 1.75 bits per heavy atom. The molecule has 1 amide bonds. The van der Waals surface area contributed by atoms with E-state index >= 15 is 0 Å². The molecule has 6 nitrogen and oxygen atoms in total. The molecular weight excluding hydrogens is 352 g/mol. The van der Waals surface area contributed by atoms with Gasteiger partial charge in [0.1, 0.15) is 5.52 Å². The number of nitrogens with one attached hydrogen (secondary N) is 1. The zero-order chi connectivity index (χ0) is 20.7. The van der Waals surface area contributed by atoms with Gasteiger partial charge in [-0.15, -0.1) is 0 Å². The van der Waals surface area contributed by atoms with Gasteiger partial charge in [0, 0.05) is 11.2 Å². The summed E-state index contributed by atoms with van der Waals surface area (Å²) in [6, 6.07) is 11.2. The number of hydrogen-bond acceptors (Lipinski definition) is 4. The van der Waals surface area contributed by atoms with Gasteiger partial charge in [-0.25, -0.2) is 9.97 Å². The van der Waals surface area contributed by atoms with Crippen LogP contribution in [-0.4, -0.2) is 25.5 Å². The maximum Gasteiger partial charge on any atom is 0.229 e. The van der Waals surface area contributed by atoms with Crippen LogP contribution < -0.4 is 5.32 Å². The summed E-state index contributed by atoms with van der Waals surface area (Å²) < 4.78 is 1.93. The van der Waals surface area contributed by atoms with Crippen molar-refractivity contribution in [3.8, 4) is 0 Å². The van der Waals surface area contributed by atoms with Crippen LogP contribution in [0.2, 0.25) is 0 Å². The lowest BCUT2D eigenvalue weighted by Gasteiger charge is -2.26. The number of nitrogens with zero attached hydrogens (tertiary/aromatic N) is 3. The van der Waals surface area contributed by atoms with Crippen molar-refractivity contribution in [2.24, 2.45) is 0 Å². The van der Waals surface area contributed by atoms with Crippen molar-refractivity contribution in [3.63, 3.8) is 0 Å². The van der Waals surface area contributed by atoms with E-state index in [0.29, 0.717) is 11.5 Å². The van der Waals surface area contributed by atoms with E-state index in [-0.39, 0.29) is 17.9 Å². The number of carbonyl (C=O) groups is 1. The van der Waals surface area contributed by atoms with Crippen molar-refractivity contribution < 1.29 is 9.90 Å². The van der Waals surface area contributed by atoms with Crippen molar-refractivity contribution in [1.82, 2.24) is 14.5 Å². The third-order valence-corrected chi connectivity index (χ3v) is 4.90. The van der Waals surface area contributed by atoms with Gasteiger partial charge in [0.05, 0.1) is 12.0 Å². The average molecular weight is 380 g/mol. The number of benzene rings is 1. The number of aromatic nitrogens is 3. The lowest BCUT2D eigenvalue weighted by Crippen LogP contribution is -2.31. The third kappa shape index (κ3) is 3.92. The molecule has 0 aliphatic carbocycles. The van der Waals surface area contributed by atoms with Crippen molar-refractivity contribution in [1.29, 1.82) is 0 Å². The number of fused-ring (bicyclic) bond motifs is 1. The average Bonchev–Trinajstić information content (AvgIpc) is 2.92. The van der Waals surface area contributed by atoms with Crippen molar-refractivity contribution in [3.05, 3.63) is 53.2 Å². The van der Waals surface area contributed by atoms with Crippen LogP contribution in [0.3, 0.4) is 0 Å². The molecule has 0 bridgehead atoms. The van der Waals surface area contributed by atoms with Crippen LogP contribution in [0.1, 0.15) is 50.9 Å². The van der Waals surface area contributed by atoms with Gasteiger partial charge in [-0.3, -0.25) is 14.7 Å². The third-order valence-electron chi connectivity index (χ3n) is 4.90. The van der Waals surface area contributed by atoms with Gasteiger partial charge in [0.15, 0.2) is 5.65 Å². The molecule has 0 saturated heterocycles. The minimum atomic E-state index is -1.27. The topological polar surface area (TPSA) is 80.0 Å². The van der Waals surface area contributed by atoms with E-state index in [9.17, 15) is 9.90 Å². The molecule has 0 radical (unpaired) electrons. The largest absolute Gasteiger partial charge is 0.385 e. The van der Waals surface area contributed by atoms with Crippen LogP contribution >= 0.6 is 0 Å². The Balaban J connectivity index is 1.94. The van der Waals surface area contributed by atoms with E-state index in [1.165, 1.54) is 0 Å². The predicted octanol–water partition coefficient (Wildman–Crippen LogP) is 4.04. The fourth-order valence-electron chi connectivity index (χ4n) is 3.29. The van der Waals surface area contributed by atoms with Crippen LogP contribution in [0.5, 0.6) is 0 Å². The zero-order valence-corrected chi connectivity index (χ0v) is 17.4. The van der Waals surface area contributed by atoms with E-state index in [0.717, 1.165) is 22.4 Å². The molecule has 2 aromatic heterocycles. The maximum absolute atomic E-state index is 12.7. The fourth-order valence-corrected chi connectivity index (χ4v) is 3.29. The minimum Gasteiger partial charge on any atom is -0.385 e. The van der Waals surface area contributed by atoms with Gasteiger partial charge in [-0.2, -0.15) is 0 Å². The van der Waals surface area contributed by atoms with Crippen molar-refractivity contribution in [2.75, 3.05) is 5.32 Å². The Labute approximate surface area is 165 Å². The van der Waals surface area contributed by atoms with E-state index < -0.39 is 5.60 Å². The lowest BCUT2D eigenvalue weighted by molar-refractivity contribution is -0.120. The standard InChI is InChI=1S/C22H28N4O2/c1-14-12-17-19(23-15(14)2)26(21(3,4)5)20(24-17)25-18(27)13-22(6,28)16-10-8-7-9-11-16/h7-12,28H,13H2,1-6H3,(H,24,25,27)/t22-/m0/s1. The number of pyridine rings is 1. The molecule has 0 aliphatic rings. The summed E-state index contributed by atoms with van der Waals surface area (Å²) in [5.74, 6) is 0.136. The molecule has 1 atom stereocenters. The normalized spacial score (nSPS) is 14.1. The van der Waals surface area contributed by atoms with E-state index in [1.54, 1.807) is 6.92 Å². The molecule has 6 heteroatoms. The Morgan fingerprint density at radius 1 is 1.11 bits per heavy atom. The Hall–Kier alpha value is -2.73. The molecule has 1 aromatic carbocycles. The second-order valence-electron chi connectivity index (χ2n) is 8.54. The van der Waals surface area contributed by atoms with Crippen LogP contribution in [0.15, 0.2) is 36.4 Å². The molecule has 148 valence electrons. The Morgan fingerprint density at radius 3 is 2.36 bits per heavy atom. The monoisotopic (exact) mass is 380 g/mol. The summed E-state index contributed by atoms with van der Waals surface area (Å²) in [4.78, 5) is 22.0. The molecule has 2 heterocycles. The lowest BCUT2D eigenvalue weighted by atomic mass is 9.92. The molecule has 0 aliphatic heterocycles. The fraction of sp³-hybridized carbons (Fsp3) is 0.409. The van der Waals surface area contributed by atoms with Gasteiger partial charge in [0.2, 0.25) is 11.9 Å². The summed E-state index contributed by atoms with van der Waals surface area (Å²) >= 11 is 0. The second kappa shape index (κ2) is 7.02. The van der Waals surface area contributed by atoms with Crippen LogP contribution in [0, 0.1) is 13.8 Å². The molecule has 2 N–H and O–H groups in total. The Bertz CT molecular complexity index is 1010. The summed E-state index contributed by atoms with van der Waals surface area (Å²) in [5.41, 5.74) is 2.56. The predicted molar refractivity (Wildman–Crippen MR) is 111 cm³/mol. The molecule has 28 heavy (non-hydrogen) atoms. The van der Waals surface area contributed by atoms with Gasteiger partial charge in [-0.1, -0.05) is 30.3 Å². The van der Waals surface area contributed by atoms with E-state index in [1.807, 2.05) is 75.6 Å². The highest BCUT2D eigenvalue weighted by Crippen LogP contribution is 2.29. The molecule has 0 spiro atoms. The number of rotatable bonds is 4. The SMILES string of the molecule is Cc1cc2nc(NC(=O)C[C@](C)(O)c3ccccc3)n(C(C)(C)C)c2nc1C. The number of carbonyl (C=O) groups excluding carboxylic acids is 1. The molecule has 3 aromatic rings. The highest BCUT2D eigenvalue weighted by molar-refractivity contribution is 5.92. The number of anilines is 1. The first kappa shape index (κ1) is 20.0. The highest BCUT2D eigenvalue weighted by Gasteiger charge is 2.29. The first-order chi connectivity index (χ1) is 13.0. The number of imidazole rings is 1. The van der Waals surface area contributed by atoms with Gasteiger partial charge in [-0.05, 0) is 58.7 Å². The summed E-state index contributed by atoms with van der Waals surface area (Å²) in [6.07, 6.45) is -0.0736. The highest BCUT2D eigenvalue weighted by atomic mass is 16.3. The van der Waals surface area contributed by atoms with Crippen molar-refractivity contribution in [2.45, 2.75) is 59.1 Å². The zero-order valence-electron chi connectivity index (χ0n) is 17.4. The number of amides is 1. The quantitative estimate of drug-likeness (QED) is 0.716. The first-order valence-electron chi connectivity index (χ1n) is 9.44. The summed E-state index contributed by atoms with van der Waals surface area (Å²) in [5, 5.41) is 13.7. The molecule has 0 fully saturated rings. The molecule has 0 unspecified atom stereocenters. The minimum absolute atomic E-state index is 0.0736. The summed E-state index contributed by atoms with van der Waals surface area (Å²) in [6.45, 7) is 11.7. The van der Waals surface area contributed by atoms with E-state index in [2.05, 4.69) is 10.3 Å². The van der Waals surface area contributed by atoms with Gasteiger partial charge < -0.3 is 5.11 Å². The van der Waals surface area contributed by atoms with Gasteiger partial charge in [0.25, 0.3) is 0 Å². The number of aryl methyl sites for hydroxylation is 2. The second-order valence-corrected chi connectivity index (χ2v) is 8.54. The van der Waals surface area contributed by atoms with Gasteiger partial charge >= 0.3 is 0 Å². The first-order valence-corrected chi connectivity index (χ1v) is 9.44. The van der Waals surface area contributed by atoms with Crippen LogP contribution in [0.25, 0.3) is 11.2 Å². The summed E-state index contributed by atoms with van der Waals surface area (Å²) in [7, 11) is 0. The van der Waals surface area contributed by atoms with Crippen LogP contribution in [0.4, 0.5) is 5.95 Å². The smallest absolute Gasteiger partial charge is 0.229 e. The number of hydrogen-bond donors (Lipinski definition) is 2. The molecule has 0 saturated carbocycles. The maximum atomic E-state index is 12.7. The van der Waals surface area contributed by atoms with E-state index in [4.69, 9.17) is 4.98 Å². The molecular formula is C22H28N4O2. The Kier molecular flexibility index (Phi) is 5.02. The van der Waals surface area contributed by atoms with Crippen LogP contribution in [-0.2, 0) is 15.9 Å². The van der Waals surface area contributed by atoms with Crippen molar-refractivity contribution >= 4 is 23.0 Å². The number of aliphatic hydroxyl groups is 1.